The molecule has 98 valence electrons. The molecule has 2 rings (SSSR count). The first kappa shape index (κ1) is 13.8. The van der Waals surface area contributed by atoms with E-state index in [1.54, 1.807) is 0 Å². The van der Waals surface area contributed by atoms with E-state index < -0.39 is 0 Å². The fourth-order valence-electron chi connectivity index (χ4n) is 1.71. The van der Waals surface area contributed by atoms with Gasteiger partial charge in [-0.25, -0.2) is 0 Å². The summed E-state index contributed by atoms with van der Waals surface area (Å²) < 4.78 is 0.532. The maximum Gasteiger partial charge on any atom is 0.251 e. The third-order valence-electron chi connectivity index (χ3n) is 2.80. The van der Waals surface area contributed by atoms with E-state index in [0.29, 0.717) is 16.7 Å². The van der Waals surface area contributed by atoms with Crippen LogP contribution in [0.2, 0.25) is 0 Å². The van der Waals surface area contributed by atoms with Crippen LogP contribution in [0.3, 0.4) is 0 Å². The zero-order valence-corrected chi connectivity index (χ0v) is 12.0. The van der Waals surface area contributed by atoms with Crippen molar-refractivity contribution in [2.24, 2.45) is 5.73 Å². The Balaban J connectivity index is 2.00. The van der Waals surface area contributed by atoms with E-state index in [9.17, 15) is 4.79 Å². The van der Waals surface area contributed by atoms with Crippen LogP contribution in [0.15, 0.2) is 24.3 Å². The zero-order valence-electron chi connectivity index (χ0n) is 10.4. The Morgan fingerprint density at radius 2 is 2.00 bits per heavy atom. The van der Waals surface area contributed by atoms with Crippen molar-refractivity contribution >= 4 is 29.4 Å². The van der Waals surface area contributed by atoms with E-state index >= 15 is 0 Å². The fraction of sp³-hybridized carbons (Fsp3) is 0.462. The van der Waals surface area contributed by atoms with Gasteiger partial charge in [0.15, 0.2) is 0 Å². The van der Waals surface area contributed by atoms with E-state index in [0.717, 1.165) is 0 Å². The third kappa shape index (κ3) is 3.43. The number of nitrogens with one attached hydrogen (secondary N) is 1. The van der Waals surface area contributed by atoms with Crippen LogP contribution >= 0.6 is 23.5 Å². The average molecular weight is 282 g/mol. The molecule has 1 atom stereocenters. The summed E-state index contributed by atoms with van der Waals surface area (Å²) in [5.41, 5.74) is 7.48. The van der Waals surface area contributed by atoms with Crippen LogP contribution in [-0.4, -0.2) is 30.0 Å². The second kappa shape index (κ2) is 6.50. The van der Waals surface area contributed by atoms with Gasteiger partial charge in [0.05, 0.1) is 4.58 Å². The number of rotatable bonds is 4. The van der Waals surface area contributed by atoms with Gasteiger partial charge in [-0.15, -0.1) is 23.5 Å². The number of carbonyl (C=O) groups excluding carboxylic acids is 1. The zero-order chi connectivity index (χ0) is 13.0. The smallest absolute Gasteiger partial charge is 0.251 e. The predicted octanol–water partition coefficient (Wildman–Crippen LogP) is 2.24. The van der Waals surface area contributed by atoms with Crippen molar-refractivity contribution in [1.82, 2.24) is 5.32 Å². The first-order valence-corrected chi connectivity index (χ1v) is 8.14. The number of nitrogens with two attached hydrogens (primary N) is 1. The van der Waals surface area contributed by atoms with Crippen LogP contribution in [0.4, 0.5) is 0 Å². The lowest BCUT2D eigenvalue weighted by atomic mass is 10.1. The van der Waals surface area contributed by atoms with Crippen LogP contribution in [-0.2, 0) is 0 Å². The summed E-state index contributed by atoms with van der Waals surface area (Å²) in [5, 5.41) is 2.86. The van der Waals surface area contributed by atoms with E-state index in [1.807, 2.05) is 42.6 Å². The molecule has 1 aromatic rings. The highest BCUT2D eigenvalue weighted by Gasteiger charge is 2.18. The Bertz CT molecular complexity index is 402. The van der Waals surface area contributed by atoms with E-state index in [2.05, 4.69) is 17.4 Å². The normalized spacial score (nSPS) is 17.7. The standard InChI is InChI=1S/C13H18N2OS2/c1-9(8-14)15-12(16)10-2-4-11(5-3-10)13-17-6-7-18-13/h2-5,9,13H,6-8,14H2,1H3,(H,15,16)/t9-/m0/s1. The van der Waals surface area contributed by atoms with Crippen molar-refractivity contribution in [3.63, 3.8) is 0 Å². The highest BCUT2D eigenvalue weighted by atomic mass is 32.2. The summed E-state index contributed by atoms with van der Waals surface area (Å²) in [6.07, 6.45) is 0. The molecule has 1 heterocycles. The number of amides is 1. The number of hydrogen-bond acceptors (Lipinski definition) is 4. The SMILES string of the molecule is C[C@@H](CN)NC(=O)c1ccc(C2SCCS2)cc1. The molecule has 1 aliphatic rings. The molecule has 0 aliphatic carbocycles. The molecule has 1 fully saturated rings. The maximum absolute atomic E-state index is 11.9. The number of benzene rings is 1. The largest absolute Gasteiger partial charge is 0.348 e. The molecular formula is C13H18N2OS2. The van der Waals surface area contributed by atoms with Gasteiger partial charge in [-0.3, -0.25) is 4.79 Å². The summed E-state index contributed by atoms with van der Waals surface area (Å²) >= 11 is 3.94. The lowest BCUT2D eigenvalue weighted by Gasteiger charge is -2.12. The highest BCUT2D eigenvalue weighted by molar-refractivity contribution is 8.19. The molecule has 0 unspecified atom stereocenters. The van der Waals surface area contributed by atoms with Crippen LogP contribution in [0, 0.1) is 0 Å². The average Bonchev–Trinajstić information content (AvgIpc) is 2.92. The molecule has 5 heteroatoms. The Morgan fingerprint density at radius 1 is 1.39 bits per heavy atom. The molecule has 0 saturated carbocycles. The molecule has 1 amide bonds. The lowest BCUT2D eigenvalue weighted by molar-refractivity contribution is 0.0941. The topological polar surface area (TPSA) is 55.1 Å². The summed E-state index contributed by atoms with van der Waals surface area (Å²) in [6, 6.07) is 7.91. The van der Waals surface area contributed by atoms with Gasteiger partial charge in [0.1, 0.15) is 0 Å². The molecule has 1 aliphatic heterocycles. The minimum absolute atomic E-state index is 0.0121. The van der Waals surface area contributed by atoms with Crippen molar-refractivity contribution in [3.8, 4) is 0 Å². The maximum atomic E-state index is 11.9. The van der Waals surface area contributed by atoms with Crippen molar-refractivity contribution in [2.45, 2.75) is 17.5 Å². The van der Waals surface area contributed by atoms with Crippen molar-refractivity contribution < 1.29 is 4.79 Å². The number of thioether (sulfide) groups is 2. The van der Waals surface area contributed by atoms with Crippen molar-refractivity contribution in [3.05, 3.63) is 35.4 Å². The van der Waals surface area contributed by atoms with E-state index in [4.69, 9.17) is 5.73 Å². The fourth-order valence-corrected chi connectivity index (χ4v) is 4.57. The predicted molar refractivity (Wildman–Crippen MR) is 80.1 cm³/mol. The second-order valence-electron chi connectivity index (χ2n) is 4.31. The molecular weight excluding hydrogens is 264 g/mol. The Labute approximate surface area is 116 Å². The molecule has 0 radical (unpaired) electrons. The lowest BCUT2D eigenvalue weighted by Crippen LogP contribution is -2.37. The Morgan fingerprint density at radius 3 is 2.56 bits per heavy atom. The van der Waals surface area contributed by atoms with Gasteiger partial charge in [-0.05, 0) is 24.6 Å². The second-order valence-corrected chi connectivity index (χ2v) is 7.03. The molecule has 18 heavy (non-hydrogen) atoms. The van der Waals surface area contributed by atoms with Crippen LogP contribution in [0.25, 0.3) is 0 Å². The monoisotopic (exact) mass is 282 g/mol. The van der Waals surface area contributed by atoms with Gasteiger partial charge in [0, 0.05) is 29.7 Å². The highest BCUT2D eigenvalue weighted by Crippen LogP contribution is 2.45. The van der Waals surface area contributed by atoms with Gasteiger partial charge >= 0.3 is 0 Å². The molecule has 1 saturated heterocycles. The quantitative estimate of drug-likeness (QED) is 0.889. The third-order valence-corrected chi connectivity index (χ3v) is 5.90. The van der Waals surface area contributed by atoms with Gasteiger partial charge in [0.2, 0.25) is 0 Å². The first-order chi connectivity index (χ1) is 8.70. The van der Waals surface area contributed by atoms with Crippen molar-refractivity contribution in [1.29, 1.82) is 0 Å². The van der Waals surface area contributed by atoms with Gasteiger partial charge < -0.3 is 11.1 Å². The molecule has 0 spiro atoms. The molecule has 3 N–H and O–H groups in total. The summed E-state index contributed by atoms with van der Waals surface area (Å²) in [5.74, 6) is 2.38. The van der Waals surface area contributed by atoms with Gasteiger partial charge in [-0.1, -0.05) is 12.1 Å². The van der Waals surface area contributed by atoms with Crippen LogP contribution in [0.1, 0.15) is 27.4 Å². The number of hydrogen-bond donors (Lipinski definition) is 2. The van der Waals surface area contributed by atoms with Crippen LogP contribution in [0.5, 0.6) is 0 Å². The minimum atomic E-state index is -0.0498. The minimum Gasteiger partial charge on any atom is -0.348 e. The molecule has 0 bridgehead atoms. The summed E-state index contributed by atoms with van der Waals surface area (Å²) in [7, 11) is 0. The number of carbonyl (C=O) groups is 1. The Hall–Kier alpha value is -0.650. The molecule has 1 aromatic carbocycles. The molecule has 0 aromatic heterocycles. The van der Waals surface area contributed by atoms with Crippen LogP contribution < -0.4 is 11.1 Å². The molecule has 3 nitrogen and oxygen atoms in total. The van der Waals surface area contributed by atoms with Gasteiger partial charge in [-0.2, -0.15) is 0 Å². The summed E-state index contributed by atoms with van der Waals surface area (Å²) in [6.45, 7) is 2.36. The Kier molecular flexibility index (Phi) is 4.97. The van der Waals surface area contributed by atoms with E-state index in [-0.39, 0.29) is 11.9 Å². The summed E-state index contributed by atoms with van der Waals surface area (Å²) in [4.78, 5) is 11.9. The van der Waals surface area contributed by atoms with Crippen molar-refractivity contribution in [2.75, 3.05) is 18.1 Å². The van der Waals surface area contributed by atoms with E-state index in [1.165, 1.54) is 17.1 Å². The van der Waals surface area contributed by atoms with Gasteiger partial charge in [0.25, 0.3) is 5.91 Å². The first-order valence-electron chi connectivity index (χ1n) is 6.05.